The molecule has 0 radical (unpaired) electrons. The fourth-order valence-electron chi connectivity index (χ4n) is 2.99. The zero-order valence-corrected chi connectivity index (χ0v) is 14.5. The summed E-state index contributed by atoms with van der Waals surface area (Å²) >= 11 is 0.0495. The van der Waals surface area contributed by atoms with Crippen LogP contribution < -0.4 is 0 Å². The second-order valence-corrected chi connectivity index (χ2v) is 9.71. The van der Waals surface area contributed by atoms with Crippen LogP contribution in [0.2, 0.25) is 0 Å². The van der Waals surface area contributed by atoms with Crippen LogP contribution >= 0.6 is 11.1 Å². The predicted molar refractivity (Wildman–Crippen MR) is 86.4 cm³/mol. The largest absolute Gasteiger partial charge is 0.366 e. The number of piperidine rings is 1. The van der Waals surface area contributed by atoms with Gasteiger partial charge < -0.3 is 9.64 Å². The number of rotatable bonds is 3. The smallest absolute Gasteiger partial charge is 0.248 e. The van der Waals surface area contributed by atoms with Crippen LogP contribution in [-0.4, -0.2) is 66.0 Å². The fraction of sp³-hybridized carbons (Fsp3) is 0.933. The predicted octanol–water partition coefficient (Wildman–Crippen LogP) is 1.90. The van der Waals surface area contributed by atoms with Gasteiger partial charge in [-0.3, -0.25) is 9.10 Å². The first-order valence-electron chi connectivity index (χ1n) is 7.55. The van der Waals surface area contributed by atoms with Crippen LogP contribution in [0, 0.1) is 5.41 Å². The summed E-state index contributed by atoms with van der Waals surface area (Å²) in [6.07, 6.45) is 7.15. The van der Waals surface area contributed by atoms with Crippen molar-refractivity contribution < 1.29 is 9.53 Å². The van der Waals surface area contributed by atoms with Crippen LogP contribution in [0.25, 0.3) is 0 Å². The third kappa shape index (κ3) is 3.89. The number of ether oxygens (including phenoxy) is 1. The second kappa shape index (κ2) is 5.85. The van der Waals surface area contributed by atoms with Gasteiger partial charge in [0.25, 0.3) is 0 Å². The molecule has 2 saturated heterocycles. The van der Waals surface area contributed by atoms with Gasteiger partial charge in [-0.25, -0.2) is 11.1 Å². The lowest BCUT2D eigenvalue weighted by Gasteiger charge is -2.54. The van der Waals surface area contributed by atoms with E-state index in [1.165, 1.54) is 25.9 Å². The lowest BCUT2D eigenvalue weighted by Crippen LogP contribution is -2.62. The number of hydrogen-bond acceptors (Lipinski definition) is 3. The first kappa shape index (κ1) is 16.1. The zero-order valence-electron chi connectivity index (χ0n) is 13.6. The maximum absolute atomic E-state index is 12.1. The van der Waals surface area contributed by atoms with E-state index < -0.39 is 0 Å². The van der Waals surface area contributed by atoms with Gasteiger partial charge in [0.2, 0.25) is 5.91 Å². The van der Waals surface area contributed by atoms with Crippen molar-refractivity contribution in [2.45, 2.75) is 39.2 Å². The molecule has 0 aromatic carbocycles. The van der Waals surface area contributed by atoms with Crippen molar-refractivity contribution in [3.8, 4) is 0 Å². The fourth-order valence-corrected chi connectivity index (χ4v) is 3.99. The highest BCUT2D eigenvalue weighted by Gasteiger charge is 2.46. The van der Waals surface area contributed by atoms with Gasteiger partial charge in [-0.15, -0.1) is 0 Å². The van der Waals surface area contributed by atoms with Crippen molar-refractivity contribution in [2.24, 2.45) is 5.41 Å². The summed E-state index contributed by atoms with van der Waals surface area (Å²) in [5.41, 5.74) is 0.183. The molecule has 2 fully saturated rings. The van der Waals surface area contributed by atoms with E-state index in [0.29, 0.717) is 5.41 Å². The minimum atomic E-state index is -0.233. The van der Waals surface area contributed by atoms with E-state index >= 15 is 0 Å². The highest BCUT2D eigenvalue weighted by atomic mass is 32.2. The topological polar surface area (TPSA) is 32.8 Å². The number of nitrogens with zero attached hydrogens (tertiary/aromatic N) is 2. The van der Waals surface area contributed by atoms with Gasteiger partial charge in [0.05, 0.1) is 5.60 Å². The third-order valence-electron chi connectivity index (χ3n) is 4.40. The van der Waals surface area contributed by atoms with Crippen molar-refractivity contribution >= 4 is 17.0 Å². The molecular weight excluding hydrogens is 272 g/mol. The molecule has 118 valence electrons. The molecule has 0 N–H and O–H groups in total. The van der Waals surface area contributed by atoms with Crippen LogP contribution in [0.4, 0.5) is 0 Å². The van der Waals surface area contributed by atoms with Crippen LogP contribution in [0.15, 0.2) is 0 Å². The molecule has 20 heavy (non-hydrogen) atoms. The van der Waals surface area contributed by atoms with Crippen LogP contribution in [0.5, 0.6) is 0 Å². The molecule has 0 saturated carbocycles. The molecule has 5 heteroatoms. The van der Waals surface area contributed by atoms with Crippen molar-refractivity contribution in [2.75, 3.05) is 45.3 Å². The summed E-state index contributed by atoms with van der Waals surface area (Å²) < 4.78 is 8.18. The van der Waals surface area contributed by atoms with Gasteiger partial charge >= 0.3 is 0 Å². The maximum atomic E-state index is 12.1. The molecule has 0 unspecified atom stereocenters. The Morgan fingerprint density at radius 1 is 1.20 bits per heavy atom. The maximum Gasteiger partial charge on any atom is 0.248 e. The Kier molecular flexibility index (Phi) is 4.72. The van der Waals surface area contributed by atoms with Crippen molar-refractivity contribution in [3.63, 3.8) is 0 Å². The Bertz CT molecular complexity index is 349. The van der Waals surface area contributed by atoms with E-state index in [1.807, 2.05) is 25.7 Å². The number of likely N-dealkylation sites (tertiary alicyclic amines) is 1. The van der Waals surface area contributed by atoms with Crippen LogP contribution in [0.3, 0.4) is 0 Å². The quantitative estimate of drug-likeness (QED) is 0.808. The van der Waals surface area contributed by atoms with Crippen molar-refractivity contribution in [3.05, 3.63) is 0 Å². The molecule has 2 heterocycles. The Morgan fingerprint density at radius 2 is 1.75 bits per heavy atom. The molecule has 2 rings (SSSR count). The number of amides is 1. The first-order valence-corrected chi connectivity index (χ1v) is 9.74. The van der Waals surface area contributed by atoms with Gasteiger partial charge in [0.15, 0.2) is 0 Å². The van der Waals surface area contributed by atoms with E-state index in [-0.39, 0.29) is 29.2 Å². The first-order chi connectivity index (χ1) is 9.21. The third-order valence-corrected chi connectivity index (χ3v) is 5.93. The number of carbonyl (C=O) groups is 1. The molecule has 1 amide bonds. The Labute approximate surface area is 126 Å². The molecular formula is C15H30N2O2S. The molecule has 2 aliphatic rings. The van der Waals surface area contributed by atoms with Gasteiger partial charge in [-0.1, -0.05) is 0 Å². The monoisotopic (exact) mass is 302 g/mol. The van der Waals surface area contributed by atoms with E-state index in [0.717, 1.165) is 13.1 Å². The second-order valence-electron chi connectivity index (χ2n) is 7.45. The molecule has 0 bridgehead atoms. The van der Waals surface area contributed by atoms with Gasteiger partial charge in [0.1, 0.15) is 6.61 Å². The minimum absolute atomic E-state index is 0.0495. The van der Waals surface area contributed by atoms with Gasteiger partial charge in [-0.05, 0) is 46.1 Å². The number of thiol groups is 1. The Hall–Kier alpha value is -0.260. The van der Waals surface area contributed by atoms with Crippen molar-refractivity contribution in [1.29, 1.82) is 0 Å². The lowest BCUT2D eigenvalue weighted by molar-refractivity contribution is -0.155. The molecule has 0 atom stereocenters. The zero-order chi connectivity index (χ0) is 15.0. The van der Waals surface area contributed by atoms with E-state index in [9.17, 15) is 4.79 Å². The van der Waals surface area contributed by atoms with E-state index in [1.54, 1.807) is 0 Å². The molecule has 0 aromatic heterocycles. The summed E-state index contributed by atoms with van der Waals surface area (Å²) in [6.45, 7) is 10.5. The molecule has 0 aromatic rings. The summed E-state index contributed by atoms with van der Waals surface area (Å²) in [5.74, 6) is 0.154. The van der Waals surface area contributed by atoms with Gasteiger partial charge in [-0.2, -0.15) is 0 Å². The SMILES string of the molecule is C[SH](C)N1CCC2(CC1)CN(C(=O)COC(C)(C)C)C2. The van der Waals surface area contributed by atoms with E-state index in [4.69, 9.17) is 4.74 Å². The summed E-state index contributed by atoms with van der Waals surface area (Å²) in [4.78, 5) is 14.0. The number of hydrogen-bond donors (Lipinski definition) is 1. The summed E-state index contributed by atoms with van der Waals surface area (Å²) in [6, 6.07) is 0. The molecule has 4 nitrogen and oxygen atoms in total. The standard InChI is InChI=1S/C15H30N2O2S/c1-14(2,3)19-10-13(18)16-11-15(12-16)6-8-17(9-7-15)20(4)5/h20H,6-12H2,1-5H3. The molecule has 0 aliphatic carbocycles. The van der Waals surface area contributed by atoms with Crippen LogP contribution in [-0.2, 0) is 9.53 Å². The molecule has 2 aliphatic heterocycles. The average molecular weight is 302 g/mol. The Balaban J connectivity index is 1.73. The summed E-state index contributed by atoms with van der Waals surface area (Å²) in [5, 5.41) is 0. The molecule has 1 spiro atoms. The minimum Gasteiger partial charge on any atom is -0.366 e. The summed E-state index contributed by atoms with van der Waals surface area (Å²) in [7, 11) is 0. The number of carbonyl (C=O) groups excluding carboxylic acids is 1. The van der Waals surface area contributed by atoms with E-state index in [2.05, 4.69) is 16.8 Å². The Morgan fingerprint density at radius 3 is 2.20 bits per heavy atom. The normalized spacial score (nSPS) is 23.6. The average Bonchev–Trinajstić information content (AvgIpc) is 2.32. The lowest BCUT2D eigenvalue weighted by atomic mass is 9.72. The van der Waals surface area contributed by atoms with Crippen LogP contribution in [0.1, 0.15) is 33.6 Å². The highest BCUT2D eigenvalue weighted by molar-refractivity contribution is 8.13. The van der Waals surface area contributed by atoms with Gasteiger partial charge in [0, 0.05) is 31.6 Å². The van der Waals surface area contributed by atoms with Crippen molar-refractivity contribution in [1.82, 2.24) is 9.21 Å². The highest BCUT2D eigenvalue weighted by Crippen LogP contribution is 2.43.